The van der Waals surface area contributed by atoms with Crippen LogP contribution in [0.15, 0.2) is 24.3 Å². The summed E-state index contributed by atoms with van der Waals surface area (Å²) >= 11 is 0. The second kappa shape index (κ2) is 4.53. The predicted octanol–water partition coefficient (Wildman–Crippen LogP) is 2.09. The molecule has 0 aliphatic carbocycles. The van der Waals surface area contributed by atoms with Crippen LogP contribution in [0.25, 0.3) is 0 Å². The number of aliphatic carboxylic acids is 1. The lowest BCUT2D eigenvalue weighted by atomic mass is 9.75. The predicted molar refractivity (Wildman–Crippen MR) is 71.2 cm³/mol. The fourth-order valence-electron chi connectivity index (χ4n) is 3.52. The molecular formula is C15H19NO3. The standard InChI is InChI=1S/C15H19NO3/c1-11-10-19-13-7-3-2-6-12(13)15(11,14(17)18)16-8-4-5-9-16/h2-3,6-7,11H,4-5,8-10H2,1H3,(H,17,18). The van der Waals surface area contributed by atoms with Gasteiger partial charge in [0, 0.05) is 11.5 Å². The lowest BCUT2D eigenvalue weighted by Gasteiger charge is -2.46. The van der Waals surface area contributed by atoms with Crippen molar-refractivity contribution in [3.05, 3.63) is 29.8 Å². The third kappa shape index (κ3) is 1.66. The van der Waals surface area contributed by atoms with Gasteiger partial charge in [0.2, 0.25) is 0 Å². The van der Waals surface area contributed by atoms with Gasteiger partial charge in [0.05, 0.1) is 6.61 Å². The van der Waals surface area contributed by atoms with Gasteiger partial charge in [-0.3, -0.25) is 4.90 Å². The quantitative estimate of drug-likeness (QED) is 0.885. The fourth-order valence-corrected chi connectivity index (χ4v) is 3.52. The molecule has 2 aliphatic rings. The smallest absolute Gasteiger partial charge is 0.329 e. The molecule has 102 valence electrons. The van der Waals surface area contributed by atoms with Gasteiger partial charge in [-0.05, 0) is 32.0 Å². The number of ether oxygens (including phenoxy) is 1. The van der Waals surface area contributed by atoms with Gasteiger partial charge in [0.1, 0.15) is 5.75 Å². The lowest BCUT2D eigenvalue weighted by molar-refractivity contribution is -0.158. The minimum atomic E-state index is -0.925. The van der Waals surface area contributed by atoms with E-state index in [0.717, 1.165) is 37.2 Å². The summed E-state index contributed by atoms with van der Waals surface area (Å²) in [5.41, 5.74) is -0.117. The number of likely N-dealkylation sites (tertiary alicyclic amines) is 1. The van der Waals surface area contributed by atoms with Gasteiger partial charge in [-0.1, -0.05) is 25.1 Å². The first-order valence-corrected chi connectivity index (χ1v) is 6.88. The van der Waals surface area contributed by atoms with E-state index in [1.165, 1.54) is 0 Å². The Hall–Kier alpha value is -1.55. The van der Waals surface area contributed by atoms with Gasteiger partial charge < -0.3 is 9.84 Å². The van der Waals surface area contributed by atoms with Crippen LogP contribution in [-0.2, 0) is 10.3 Å². The Kier molecular flexibility index (Phi) is 2.97. The highest BCUT2D eigenvalue weighted by atomic mass is 16.5. The number of carboxylic acids is 1. The summed E-state index contributed by atoms with van der Waals surface area (Å²) in [5, 5.41) is 9.97. The summed E-state index contributed by atoms with van der Waals surface area (Å²) in [7, 11) is 0. The van der Waals surface area contributed by atoms with Crippen LogP contribution in [0.3, 0.4) is 0 Å². The van der Waals surface area contributed by atoms with Crippen molar-refractivity contribution < 1.29 is 14.6 Å². The van der Waals surface area contributed by atoms with Crippen LogP contribution >= 0.6 is 0 Å². The number of carbonyl (C=O) groups is 1. The van der Waals surface area contributed by atoms with Crippen LogP contribution in [0.4, 0.5) is 0 Å². The zero-order chi connectivity index (χ0) is 13.5. The number of hydrogen-bond acceptors (Lipinski definition) is 3. The van der Waals surface area contributed by atoms with Gasteiger partial charge >= 0.3 is 5.97 Å². The Morgan fingerprint density at radius 2 is 2.05 bits per heavy atom. The summed E-state index contributed by atoms with van der Waals surface area (Å²) in [6.45, 7) is 4.14. The van der Waals surface area contributed by atoms with Crippen molar-refractivity contribution in [2.75, 3.05) is 19.7 Å². The van der Waals surface area contributed by atoms with Crippen molar-refractivity contribution in [3.63, 3.8) is 0 Å². The number of nitrogens with zero attached hydrogens (tertiary/aromatic N) is 1. The largest absolute Gasteiger partial charge is 0.493 e. The Balaban J connectivity index is 2.19. The average molecular weight is 261 g/mol. The van der Waals surface area contributed by atoms with Gasteiger partial charge in [0.15, 0.2) is 5.54 Å². The van der Waals surface area contributed by atoms with E-state index < -0.39 is 11.5 Å². The van der Waals surface area contributed by atoms with Gasteiger partial charge in [-0.15, -0.1) is 0 Å². The van der Waals surface area contributed by atoms with Crippen LogP contribution in [0.2, 0.25) is 0 Å². The highest BCUT2D eigenvalue weighted by molar-refractivity contribution is 5.83. The first kappa shape index (κ1) is 12.5. The molecule has 2 aliphatic heterocycles. The monoisotopic (exact) mass is 261 g/mol. The number of fused-ring (bicyclic) bond motifs is 1. The second-order valence-electron chi connectivity index (χ2n) is 5.47. The molecule has 0 spiro atoms. The molecule has 1 N–H and O–H groups in total. The summed E-state index contributed by atoms with van der Waals surface area (Å²) in [4.78, 5) is 14.3. The highest BCUT2D eigenvalue weighted by Crippen LogP contribution is 2.46. The third-order valence-electron chi connectivity index (χ3n) is 4.43. The number of para-hydroxylation sites is 1. The minimum Gasteiger partial charge on any atom is -0.493 e. The molecule has 1 fully saturated rings. The first-order valence-electron chi connectivity index (χ1n) is 6.88. The molecule has 0 saturated carbocycles. The van der Waals surface area contributed by atoms with Crippen LogP contribution < -0.4 is 4.74 Å². The number of rotatable bonds is 2. The van der Waals surface area contributed by atoms with Crippen molar-refractivity contribution >= 4 is 5.97 Å². The molecule has 0 bridgehead atoms. The average Bonchev–Trinajstić information content (AvgIpc) is 2.92. The molecule has 0 amide bonds. The number of carboxylic acid groups (broad SMARTS) is 1. The Bertz CT molecular complexity index is 496. The molecule has 19 heavy (non-hydrogen) atoms. The van der Waals surface area contributed by atoms with E-state index in [0.29, 0.717) is 6.61 Å². The van der Waals surface area contributed by atoms with Crippen molar-refractivity contribution in [3.8, 4) is 5.75 Å². The van der Waals surface area contributed by atoms with Crippen molar-refractivity contribution in [1.82, 2.24) is 4.90 Å². The molecule has 3 rings (SSSR count). The van der Waals surface area contributed by atoms with Crippen LogP contribution in [0, 0.1) is 5.92 Å². The minimum absolute atomic E-state index is 0.0574. The Morgan fingerprint density at radius 1 is 1.37 bits per heavy atom. The van der Waals surface area contributed by atoms with Crippen LogP contribution in [0.5, 0.6) is 5.75 Å². The van der Waals surface area contributed by atoms with Crippen LogP contribution in [-0.4, -0.2) is 35.7 Å². The molecule has 1 saturated heterocycles. The maximum absolute atomic E-state index is 12.1. The zero-order valence-electron chi connectivity index (χ0n) is 11.1. The summed E-state index contributed by atoms with van der Waals surface area (Å²) in [6, 6.07) is 7.56. The highest BCUT2D eigenvalue weighted by Gasteiger charge is 2.54. The van der Waals surface area contributed by atoms with E-state index in [-0.39, 0.29) is 5.92 Å². The first-order chi connectivity index (χ1) is 9.17. The molecule has 2 heterocycles. The van der Waals surface area contributed by atoms with Gasteiger partial charge in [-0.2, -0.15) is 0 Å². The normalized spacial score (nSPS) is 30.7. The molecule has 0 aromatic heterocycles. The van der Waals surface area contributed by atoms with E-state index in [2.05, 4.69) is 4.90 Å². The zero-order valence-corrected chi connectivity index (χ0v) is 11.1. The lowest BCUT2D eigenvalue weighted by Crippen LogP contribution is -2.58. The van der Waals surface area contributed by atoms with E-state index in [1.807, 2.05) is 31.2 Å². The fraction of sp³-hybridized carbons (Fsp3) is 0.533. The topological polar surface area (TPSA) is 49.8 Å². The summed E-state index contributed by atoms with van der Waals surface area (Å²) < 4.78 is 5.71. The maximum atomic E-state index is 12.1. The molecule has 4 nitrogen and oxygen atoms in total. The van der Waals surface area contributed by atoms with Gasteiger partial charge in [0.25, 0.3) is 0 Å². The summed E-state index contributed by atoms with van der Waals surface area (Å²) in [5.74, 6) is -0.0921. The Labute approximate surface area is 113 Å². The Morgan fingerprint density at radius 3 is 2.74 bits per heavy atom. The SMILES string of the molecule is CC1COc2ccccc2C1(C(=O)O)N1CCCC1. The molecule has 4 heteroatoms. The van der Waals surface area contributed by atoms with Crippen molar-refractivity contribution in [1.29, 1.82) is 0 Å². The third-order valence-corrected chi connectivity index (χ3v) is 4.43. The molecular weight excluding hydrogens is 242 g/mol. The molecule has 2 atom stereocenters. The van der Waals surface area contributed by atoms with E-state index in [1.54, 1.807) is 0 Å². The van der Waals surface area contributed by atoms with Crippen molar-refractivity contribution in [2.24, 2.45) is 5.92 Å². The van der Waals surface area contributed by atoms with E-state index >= 15 is 0 Å². The maximum Gasteiger partial charge on any atom is 0.329 e. The van der Waals surface area contributed by atoms with E-state index in [9.17, 15) is 9.90 Å². The molecule has 1 aromatic rings. The van der Waals surface area contributed by atoms with Gasteiger partial charge in [-0.25, -0.2) is 4.79 Å². The van der Waals surface area contributed by atoms with Crippen LogP contribution in [0.1, 0.15) is 25.3 Å². The molecule has 0 radical (unpaired) electrons. The second-order valence-corrected chi connectivity index (χ2v) is 5.47. The number of benzene rings is 1. The molecule has 2 unspecified atom stereocenters. The molecule has 1 aromatic carbocycles. The van der Waals surface area contributed by atoms with Crippen molar-refractivity contribution in [2.45, 2.75) is 25.3 Å². The summed E-state index contributed by atoms with van der Waals surface area (Å²) in [6.07, 6.45) is 2.15. The van der Waals surface area contributed by atoms with E-state index in [4.69, 9.17) is 4.74 Å². The number of hydrogen-bond donors (Lipinski definition) is 1.